The highest BCUT2D eigenvalue weighted by Gasteiger charge is 2.31. The fourth-order valence-electron chi connectivity index (χ4n) is 3.75. The summed E-state index contributed by atoms with van der Waals surface area (Å²) < 4.78 is 38.8. The largest absolute Gasteiger partial charge is 0.417 e. The predicted molar refractivity (Wildman–Crippen MR) is 116 cm³/mol. The monoisotopic (exact) mass is 452 g/mol. The van der Waals surface area contributed by atoms with Crippen molar-refractivity contribution in [3.8, 4) is 11.1 Å². The summed E-state index contributed by atoms with van der Waals surface area (Å²) in [7, 11) is 0. The molecule has 33 heavy (non-hydrogen) atoms. The van der Waals surface area contributed by atoms with Gasteiger partial charge in [0.05, 0.1) is 23.0 Å². The van der Waals surface area contributed by atoms with E-state index < -0.39 is 17.6 Å². The molecule has 0 spiro atoms. The summed E-state index contributed by atoms with van der Waals surface area (Å²) in [6.07, 6.45) is 2.12. The minimum atomic E-state index is -4.56. The molecule has 0 aliphatic carbocycles. The summed E-state index contributed by atoms with van der Waals surface area (Å²) >= 11 is 0. The molecule has 2 N–H and O–H groups in total. The number of hydrogen-bond acceptors (Lipinski definition) is 5. The Balaban J connectivity index is 1.42. The number of halogens is 3. The summed E-state index contributed by atoms with van der Waals surface area (Å²) in [5.41, 5.74) is 2.57. The van der Waals surface area contributed by atoms with Gasteiger partial charge in [-0.2, -0.15) is 18.3 Å². The molecule has 0 unspecified atom stereocenters. The lowest BCUT2D eigenvalue weighted by molar-refractivity contribution is -0.137. The standard InChI is InChI=1S/C23H19F3N6O/c24-23(25,26)17-8-18(12-28-11-17)29-22(33)21-19-7-15(2-3-20(19)30-31-21)16-6-14(9-27-10-16)13-32-4-1-5-32/h2-3,6-12H,1,4-5,13H2,(H,29,33)(H,30,31). The van der Waals surface area contributed by atoms with Gasteiger partial charge in [0.15, 0.2) is 5.69 Å². The molecule has 0 atom stereocenters. The number of H-pyrrole nitrogens is 1. The van der Waals surface area contributed by atoms with E-state index in [2.05, 4.69) is 36.4 Å². The van der Waals surface area contributed by atoms with Crippen LogP contribution in [0, 0.1) is 0 Å². The Morgan fingerprint density at radius 1 is 1.03 bits per heavy atom. The van der Waals surface area contributed by atoms with Crippen molar-refractivity contribution in [3.63, 3.8) is 0 Å². The van der Waals surface area contributed by atoms with Gasteiger partial charge in [-0.1, -0.05) is 6.07 Å². The average Bonchev–Trinajstić information content (AvgIpc) is 3.19. The molecule has 1 saturated heterocycles. The molecule has 1 aromatic carbocycles. The van der Waals surface area contributed by atoms with Gasteiger partial charge in [0.2, 0.25) is 0 Å². The number of carbonyl (C=O) groups is 1. The van der Waals surface area contributed by atoms with E-state index >= 15 is 0 Å². The Morgan fingerprint density at radius 3 is 2.61 bits per heavy atom. The summed E-state index contributed by atoms with van der Waals surface area (Å²) in [5, 5.41) is 9.87. The highest BCUT2D eigenvalue weighted by molar-refractivity contribution is 6.11. The molecule has 4 heterocycles. The number of nitrogens with zero attached hydrogens (tertiary/aromatic N) is 4. The lowest BCUT2D eigenvalue weighted by Gasteiger charge is -2.30. The number of anilines is 1. The van der Waals surface area contributed by atoms with Gasteiger partial charge in [0, 0.05) is 36.1 Å². The Morgan fingerprint density at radius 2 is 1.85 bits per heavy atom. The van der Waals surface area contributed by atoms with Crippen LogP contribution < -0.4 is 5.32 Å². The number of fused-ring (bicyclic) bond motifs is 1. The van der Waals surface area contributed by atoms with Crippen molar-refractivity contribution in [2.75, 3.05) is 18.4 Å². The van der Waals surface area contributed by atoms with Gasteiger partial charge in [-0.15, -0.1) is 0 Å². The molecule has 0 saturated carbocycles. The van der Waals surface area contributed by atoms with Gasteiger partial charge >= 0.3 is 6.18 Å². The quantitative estimate of drug-likeness (QED) is 0.466. The Kier molecular flexibility index (Phi) is 5.29. The van der Waals surface area contributed by atoms with Crippen LogP contribution in [0.25, 0.3) is 22.0 Å². The highest BCUT2D eigenvalue weighted by Crippen LogP contribution is 2.30. The third-order valence-electron chi connectivity index (χ3n) is 5.58. The Bertz CT molecular complexity index is 1330. The predicted octanol–water partition coefficient (Wildman–Crippen LogP) is 4.50. The van der Waals surface area contributed by atoms with Gasteiger partial charge in [0.1, 0.15) is 0 Å². The number of nitrogens with one attached hydrogen (secondary N) is 2. The van der Waals surface area contributed by atoms with Crippen molar-refractivity contribution in [1.82, 2.24) is 25.1 Å². The number of alkyl halides is 3. The molecule has 168 valence electrons. The molecular weight excluding hydrogens is 433 g/mol. The van der Waals surface area contributed by atoms with Crippen LogP contribution in [0.15, 0.2) is 55.1 Å². The number of aromatic amines is 1. The molecule has 10 heteroatoms. The maximum absolute atomic E-state index is 12.9. The van der Waals surface area contributed by atoms with Crippen LogP contribution in [0.1, 0.15) is 28.0 Å². The molecular formula is C23H19F3N6O. The smallest absolute Gasteiger partial charge is 0.319 e. The van der Waals surface area contributed by atoms with Crippen molar-refractivity contribution >= 4 is 22.5 Å². The first kappa shape index (κ1) is 21.1. The van der Waals surface area contributed by atoms with Crippen molar-refractivity contribution in [3.05, 3.63) is 71.9 Å². The zero-order valence-corrected chi connectivity index (χ0v) is 17.4. The molecule has 5 rings (SSSR count). The van der Waals surface area contributed by atoms with E-state index in [1.165, 1.54) is 6.42 Å². The number of benzene rings is 1. The number of likely N-dealkylation sites (tertiary alicyclic amines) is 1. The fraction of sp³-hybridized carbons (Fsp3) is 0.217. The topological polar surface area (TPSA) is 86.8 Å². The number of rotatable bonds is 5. The molecule has 1 amide bonds. The molecule has 1 aliphatic heterocycles. The summed E-state index contributed by atoms with van der Waals surface area (Å²) in [6.45, 7) is 3.02. The number of carbonyl (C=O) groups excluding carboxylic acids is 1. The number of aromatic nitrogens is 4. The SMILES string of the molecule is O=C(Nc1cncc(C(F)(F)F)c1)c1n[nH]c2ccc(-c3cncc(CN4CCC4)c3)cc12. The van der Waals surface area contributed by atoms with Crippen molar-refractivity contribution in [2.45, 2.75) is 19.1 Å². The molecule has 4 aromatic rings. The number of hydrogen-bond donors (Lipinski definition) is 2. The highest BCUT2D eigenvalue weighted by atomic mass is 19.4. The van der Waals surface area contributed by atoms with Crippen molar-refractivity contribution in [2.24, 2.45) is 0 Å². The second-order valence-electron chi connectivity index (χ2n) is 7.96. The van der Waals surface area contributed by atoms with Crippen molar-refractivity contribution in [1.29, 1.82) is 0 Å². The third kappa shape index (κ3) is 4.42. The molecule has 0 radical (unpaired) electrons. The lowest BCUT2D eigenvalue weighted by Crippen LogP contribution is -2.36. The van der Waals surface area contributed by atoms with Crippen molar-refractivity contribution < 1.29 is 18.0 Å². The van der Waals surface area contributed by atoms with Crippen LogP contribution in [0.3, 0.4) is 0 Å². The molecule has 1 fully saturated rings. The third-order valence-corrected chi connectivity index (χ3v) is 5.58. The van der Waals surface area contributed by atoms with Crippen LogP contribution >= 0.6 is 0 Å². The van der Waals surface area contributed by atoms with Gasteiger partial charge in [-0.3, -0.25) is 24.8 Å². The number of pyridine rings is 2. The summed E-state index contributed by atoms with van der Waals surface area (Å²) in [6, 6.07) is 8.44. The summed E-state index contributed by atoms with van der Waals surface area (Å²) in [5.74, 6) is -0.635. The van der Waals surface area contributed by atoms with Crippen LogP contribution in [0.5, 0.6) is 0 Å². The Hall–Kier alpha value is -3.79. The van der Waals surface area contributed by atoms with Crippen LogP contribution in [-0.4, -0.2) is 44.1 Å². The number of amides is 1. The normalized spacial score (nSPS) is 14.3. The lowest BCUT2D eigenvalue weighted by atomic mass is 10.0. The maximum atomic E-state index is 12.9. The van der Waals surface area contributed by atoms with Gasteiger partial charge in [-0.05, 0) is 54.9 Å². The van der Waals surface area contributed by atoms with E-state index in [0.29, 0.717) is 17.1 Å². The van der Waals surface area contributed by atoms with Crippen LogP contribution in [0.4, 0.5) is 18.9 Å². The van der Waals surface area contributed by atoms with E-state index in [-0.39, 0.29) is 11.4 Å². The first-order valence-electron chi connectivity index (χ1n) is 10.4. The van der Waals surface area contributed by atoms with E-state index in [4.69, 9.17) is 0 Å². The molecule has 1 aliphatic rings. The molecule has 7 nitrogen and oxygen atoms in total. The minimum absolute atomic E-state index is 0.0648. The van der Waals surface area contributed by atoms with E-state index in [1.807, 2.05) is 24.4 Å². The van der Waals surface area contributed by atoms with Gasteiger partial charge < -0.3 is 5.32 Å². The molecule has 3 aromatic heterocycles. The maximum Gasteiger partial charge on any atom is 0.417 e. The van der Waals surface area contributed by atoms with Gasteiger partial charge in [-0.25, -0.2) is 0 Å². The van der Waals surface area contributed by atoms with E-state index in [9.17, 15) is 18.0 Å². The Labute approximate surface area is 186 Å². The van der Waals surface area contributed by atoms with E-state index in [1.54, 1.807) is 6.20 Å². The second-order valence-corrected chi connectivity index (χ2v) is 7.96. The zero-order chi connectivity index (χ0) is 23.0. The first-order chi connectivity index (χ1) is 15.9. The zero-order valence-electron chi connectivity index (χ0n) is 17.4. The van der Waals surface area contributed by atoms with Crippen LogP contribution in [0.2, 0.25) is 0 Å². The summed E-state index contributed by atoms with van der Waals surface area (Å²) in [4.78, 5) is 23.1. The fourth-order valence-corrected chi connectivity index (χ4v) is 3.75. The van der Waals surface area contributed by atoms with Gasteiger partial charge in [0.25, 0.3) is 5.91 Å². The average molecular weight is 452 g/mol. The molecule has 0 bridgehead atoms. The minimum Gasteiger partial charge on any atom is -0.319 e. The van der Waals surface area contributed by atoms with E-state index in [0.717, 1.165) is 48.6 Å². The van der Waals surface area contributed by atoms with Crippen LogP contribution in [-0.2, 0) is 12.7 Å². The first-order valence-corrected chi connectivity index (χ1v) is 10.4. The second kappa shape index (κ2) is 8.28.